The van der Waals surface area contributed by atoms with Crippen LogP contribution < -0.4 is 0 Å². The monoisotopic (exact) mass is 197 g/mol. The molecule has 0 bridgehead atoms. The molecule has 0 spiro atoms. The number of hydrogen-bond acceptors (Lipinski definition) is 2. The van der Waals surface area contributed by atoms with E-state index in [-0.39, 0.29) is 16.4 Å². The Morgan fingerprint density at radius 1 is 1.07 bits per heavy atom. The Balaban J connectivity index is 3.08. The summed E-state index contributed by atoms with van der Waals surface area (Å²) in [5.74, 6) is 0.829. The van der Waals surface area contributed by atoms with Crippen molar-refractivity contribution in [2.75, 3.05) is 6.54 Å². The lowest BCUT2D eigenvalue weighted by Gasteiger charge is -2.49. The number of ether oxygens (including phenoxy) is 1. The highest BCUT2D eigenvalue weighted by atomic mass is 16.5. The third kappa shape index (κ3) is 1.55. The van der Waals surface area contributed by atoms with E-state index in [1.54, 1.807) is 0 Å². The van der Waals surface area contributed by atoms with Gasteiger partial charge in [-0.2, -0.15) is 0 Å². The van der Waals surface area contributed by atoms with Crippen LogP contribution in [0.2, 0.25) is 0 Å². The molecule has 82 valence electrons. The van der Waals surface area contributed by atoms with Gasteiger partial charge >= 0.3 is 0 Å². The van der Waals surface area contributed by atoms with E-state index in [0.29, 0.717) is 0 Å². The fraction of sp³-hybridized carbons (Fsp3) is 0.917. The summed E-state index contributed by atoms with van der Waals surface area (Å²) in [6.45, 7) is 16.1. The van der Waals surface area contributed by atoms with Crippen molar-refractivity contribution in [3.63, 3.8) is 0 Å². The first-order chi connectivity index (χ1) is 6.10. The molecule has 0 aromatic heterocycles. The van der Waals surface area contributed by atoms with Gasteiger partial charge in [0, 0.05) is 17.8 Å². The van der Waals surface area contributed by atoms with Gasteiger partial charge in [0.1, 0.15) is 5.60 Å². The van der Waals surface area contributed by atoms with Crippen LogP contribution >= 0.6 is 0 Å². The van der Waals surface area contributed by atoms with E-state index in [9.17, 15) is 0 Å². The molecule has 1 heterocycles. The van der Waals surface area contributed by atoms with E-state index in [0.717, 1.165) is 12.4 Å². The lowest BCUT2D eigenvalue weighted by atomic mass is 9.62. The standard InChI is InChI=1S/C12H23NO/c1-9-13-8-12(14-9,10(2,3)4)11(5,6)7/h8H2,1-7H3. The van der Waals surface area contributed by atoms with Gasteiger partial charge in [0.25, 0.3) is 0 Å². The lowest BCUT2D eigenvalue weighted by Crippen LogP contribution is -2.55. The molecule has 0 aromatic rings. The molecule has 1 aliphatic rings. The average Bonchev–Trinajstić information content (AvgIpc) is 2.28. The average molecular weight is 197 g/mol. The van der Waals surface area contributed by atoms with Crippen LogP contribution in [0.15, 0.2) is 4.99 Å². The molecule has 0 unspecified atom stereocenters. The minimum absolute atomic E-state index is 0.104. The highest BCUT2D eigenvalue weighted by Crippen LogP contribution is 2.49. The molecule has 0 aliphatic carbocycles. The van der Waals surface area contributed by atoms with E-state index in [2.05, 4.69) is 46.5 Å². The lowest BCUT2D eigenvalue weighted by molar-refractivity contribution is -0.103. The van der Waals surface area contributed by atoms with Crippen LogP contribution in [-0.4, -0.2) is 18.0 Å². The third-order valence-corrected chi connectivity index (χ3v) is 3.27. The largest absolute Gasteiger partial charge is 0.472 e. The van der Waals surface area contributed by atoms with Gasteiger partial charge in [-0.15, -0.1) is 0 Å². The van der Waals surface area contributed by atoms with Crippen LogP contribution in [0.5, 0.6) is 0 Å². The second-order valence-electron chi connectivity index (χ2n) is 6.26. The van der Waals surface area contributed by atoms with E-state index in [1.807, 2.05) is 6.92 Å². The Morgan fingerprint density at radius 2 is 1.50 bits per heavy atom. The Labute approximate surface area is 87.8 Å². The zero-order valence-electron chi connectivity index (χ0n) is 10.6. The molecule has 0 radical (unpaired) electrons. The molecule has 0 aromatic carbocycles. The van der Waals surface area contributed by atoms with Crippen molar-refractivity contribution in [1.29, 1.82) is 0 Å². The van der Waals surface area contributed by atoms with Crippen LogP contribution in [0.25, 0.3) is 0 Å². The van der Waals surface area contributed by atoms with Crippen LogP contribution in [0.4, 0.5) is 0 Å². The molecule has 0 atom stereocenters. The van der Waals surface area contributed by atoms with Gasteiger partial charge in [-0.05, 0) is 0 Å². The molecule has 0 saturated carbocycles. The van der Waals surface area contributed by atoms with Crippen LogP contribution in [0, 0.1) is 10.8 Å². The molecule has 0 amide bonds. The molecule has 14 heavy (non-hydrogen) atoms. The summed E-state index contributed by atoms with van der Waals surface area (Å²) >= 11 is 0. The number of hydrogen-bond donors (Lipinski definition) is 0. The first kappa shape index (κ1) is 11.5. The zero-order valence-corrected chi connectivity index (χ0v) is 10.6. The van der Waals surface area contributed by atoms with Gasteiger partial charge in [0.15, 0.2) is 5.90 Å². The molecular formula is C12H23NO. The van der Waals surface area contributed by atoms with E-state index in [4.69, 9.17) is 4.74 Å². The van der Waals surface area contributed by atoms with E-state index < -0.39 is 0 Å². The van der Waals surface area contributed by atoms with Gasteiger partial charge in [0.2, 0.25) is 0 Å². The number of nitrogens with zero attached hydrogens (tertiary/aromatic N) is 1. The predicted octanol–water partition coefficient (Wildman–Crippen LogP) is 3.27. The van der Waals surface area contributed by atoms with Gasteiger partial charge in [-0.3, -0.25) is 4.99 Å². The second-order valence-corrected chi connectivity index (χ2v) is 6.26. The van der Waals surface area contributed by atoms with Gasteiger partial charge in [-0.25, -0.2) is 0 Å². The molecule has 2 nitrogen and oxygen atoms in total. The maximum absolute atomic E-state index is 6.03. The minimum Gasteiger partial charge on any atom is -0.472 e. The quantitative estimate of drug-likeness (QED) is 0.584. The molecule has 0 N–H and O–H groups in total. The van der Waals surface area contributed by atoms with Gasteiger partial charge in [0.05, 0.1) is 6.54 Å². The summed E-state index contributed by atoms with van der Waals surface area (Å²) < 4.78 is 6.03. The van der Waals surface area contributed by atoms with Crippen LogP contribution in [0.1, 0.15) is 48.5 Å². The molecule has 0 saturated heterocycles. The third-order valence-electron chi connectivity index (χ3n) is 3.27. The summed E-state index contributed by atoms with van der Waals surface area (Å²) in [7, 11) is 0. The summed E-state index contributed by atoms with van der Waals surface area (Å²) in [4.78, 5) is 4.42. The first-order valence-corrected chi connectivity index (χ1v) is 5.30. The van der Waals surface area contributed by atoms with Crippen molar-refractivity contribution in [2.24, 2.45) is 15.8 Å². The molecule has 1 aliphatic heterocycles. The Hall–Kier alpha value is -0.530. The predicted molar refractivity (Wildman–Crippen MR) is 60.7 cm³/mol. The maximum Gasteiger partial charge on any atom is 0.180 e. The van der Waals surface area contributed by atoms with Crippen molar-refractivity contribution in [1.82, 2.24) is 0 Å². The van der Waals surface area contributed by atoms with E-state index >= 15 is 0 Å². The Kier molecular flexibility index (Phi) is 2.46. The van der Waals surface area contributed by atoms with Crippen LogP contribution in [-0.2, 0) is 4.74 Å². The normalized spacial score (nSPS) is 21.8. The van der Waals surface area contributed by atoms with Gasteiger partial charge in [-0.1, -0.05) is 41.5 Å². The molecule has 1 rings (SSSR count). The Bertz CT molecular complexity index is 238. The van der Waals surface area contributed by atoms with Crippen molar-refractivity contribution < 1.29 is 4.74 Å². The fourth-order valence-corrected chi connectivity index (χ4v) is 2.44. The number of rotatable bonds is 0. The summed E-state index contributed by atoms with van der Waals surface area (Å²) in [6, 6.07) is 0. The molecule has 0 fully saturated rings. The minimum atomic E-state index is -0.163. The highest BCUT2D eigenvalue weighted by Gasteiger charge is 2.55. The SMILES string of the molecule is CC1=NCC(C(C)(C)C)(C(C)(C)C)O1. The smallest absolute Gasteiger partial charge is 0.180 e. The maximum atomic E-state index is 6.03. The molecule has 2 heteroatoms. The van der Waals surface area contributed by atoms with Crippen molar-refractivity contribution in [3.8, 4) is 0 Å². The molecular weight excluding hydrogens is 174 g/mol. The van der Waals surface area contributed by atoms with Gasteiger partial charge < -0.3 is 4.74 Å². The summed E-state index contributed by atoms with van der Waals surface area (Å²) in [6.07, 6.45) is 0. The zero-order chi connectivity index (χ0) is 11.2. The number of aliphatic imine (C=N–C) groups is 1. The topological polar surface area (TPSA) is 21.6 Å². The second kappa shape index (κ2) is 2.98. The summed E-state index contributed by atoms with van der Waals surface area (Å²) in [5, 5.41) is 0. The van der Waals surface area contributed by atoms with Crippen molar-refractivity contribution in [3.05, 3.63) is 0 Å². The van der Waals surface area contributed by atoms with Crippen molar-refractivity contribution >= 4 is 5.90 Å². The Morgan fingerprint density at radius 3 is 1.64 bits per heavy atom. The van der Waals surface area contributed by atoms with E-state index in [1.165, 1.54) is 0 Å². The fourth-order valence-electron chi connectivity index (χ4n) is 2.44. The van der Waals surface area contributed by atoms with Crippen molar-refractivity contribution in [2.45, 2.75) is 54.1 Å². The van der Waals surface area contributed by atoms with Crippen LogP contribution in [0.3, 0.4) is 0 Å². The first-order valence-electron chi connectivity index (χ1n) is 5.30. The summed E-state index contributed by atoms with van der Waals surface area (Å²) in [5.41, 5.74) is 0.0447. The highest BCUT2D eigenvalue weighted by molar-refractivity contribution is 5.75.